The summed E-state index contributed by atoms with van der Waals surface area (Å²) >= 11 is 0. The molecule has 1 heterocycles. The summed E-state index contributed by atoms with van der Waals surface area (Å²) in [5, 5.41) is 2.89. The van der Waals surface area contributed by atoms with Crippen LogP contribution in [0.15, 0.2) is 12.4 Å². The zero-order valence-electron chi connectivity index (χ0n) is 11.3. The monoisotopic (exact) mass is 264 g/mol. The first kappa shape index (κ1) is 13.6. The molecule has 1 aliphatic rings. The fourth-order valence-corrected chi connectivity index (χ4v) is 2.35. The zero-order chi connectivity index (χ0) is 13.8. The van der Waals surface area contributed by atoms with Gasteiger partial charge in [-0.25, -0.2) is 9.78 Å². The molecule has 2 unspecified atom stereocenters. The number of alkyl carbamates (subject to hydrolysis) is 1. The van der Waals surface area contributed by atoms with Crippen molar-refractivity contribution in [2.24, 2.45) is 0 Å². The lowest BCUT2D eigenvalue weighted by Crippen LogP contribution is -2.34. The van der Waals surface area contributed by atoms with Crippen molar-refractivity contribution in [3.8, 4) is 0 Å². The lowest BCUT2D eigenvalue weighted by molar-refractivity contribution is 0.112. The van der Waals surface area contributed by atoms with E-state index in [9.17, 15) is 4.79 Å². The minimum absolute atomic E-state index is 0.0971. The number of nitrogen functional groups attached to an aromatic ring is 1. The van der Waals surface area contributed by atoms with Gasteiger partial charge >= 0.3 is 6.09 Å². The Labute approximate surface area is 112 Å². The molecule has 0 bridgehead atoms. The second-order valence-corrected chi connectivity index (χ2v) is 5.17. The molecule has 2 rings (SSSR count). The van der Waals surface area contributed by atoms with Crippen LogP contribution in [0.1, 0.15) is 44.7 Å². The maximum absolute atomic E-state index is 11.5. The molecule has 3 N–H and O–H groups in total. The molecule has 1 aromatic rings. The van der Waals surface area contributed by atoms with Gasteiger partial charge in [0.15, 0.2) is 0 Å². The molecular weight excluding hydrogens is 244 g/mol. The molecule has 1 fully saturated rings. The smallest absolute Gasteiger partial charge is 0.407 e. The summed E-state index contributed by atoms with van der Waals surface area (Å²) in [5.74, 6) is 0.759. The van der Waals surface area contributed by atoms with Crippen LogP contribution in [0.2, 0.25) is 0 Å². The Balaban J connectivity index is 1.86. The molecule has 104 valence electrons. The van der Waals surface area contributed by atoms with Gasteiger partial charge in [-0.15, -0.1) is 0 Å². The van der Waals surface area contributed by atoms with Gasteiger partial charge in [0.25, 0.3) is 0 Å². The van der Waals surface area contributed by atoms with Gasteiger partial charge in [0.1, 0.15) is 5.82 Å². The van der Waals surface area contributed by atoms with E-state index in [0.29, 0.717) is 11.7 Å². The Hall–Kier alpha value is -1.85. The van der Waals surface area contributed by atoms with Crippen molar-refractivity contribution in [2.75, 3.05) is 5.73 Å². The molecule has 0 spiro atoms. The molecule has 1 saturated carbocycles. The maximum Gasteiger partial charge on any atom is 0.407 e. The van der Waals surface area contributed by atoms with E-state index >= 15 is 0 Å². The second-order valence-electron chi connectivity index (χ2n) is 5.17. The van der Waals surface area contributed by atoms with Crippen LogP contribution in [0.5, 0.6) is 0 Å². The predicted molar refractivity (Wildman–Crippen MR) is 71.6 cm³/mol. The van der Waals surface area contributed by atoms with E-state index in [1.54, 1.807) is 12.4 Å². The van der Waals surface area contributed by atoms with E-state index in [1.165, 1.54) is 0 Å². The van der Waals surface area contributed by atoms with E-state index in [2.05, 4.69) is 15.3 Å². The molecule has 0 radical (unpaired) electrons. The third-order valence-corrected chi connectivity index (χ3v) is 3.21. The topological polar surface area (TPSA) is 90.1 Å². The molecular formula is C13H20N4O2. The summed E-state index contributed by atoms with van der Waals surface area (Å²) in [6, 6.07) is 0.149. The number of carbonyl (C=O) groups is 1. The Morgan fingerprint density at radius 1 is 1.42 bits per heavy atom. The second kappa shape index (κ2) is 5.86. The van der Waals surface area contributed by atoms with E-state index in [4.69, 9.17) is 10.5 Å². The molecule has 6 nitrogen and oxygen atoms in total. The summed E-state index contributed by atoms with van der Waals surface area (Å²) < 4.78 is 5.07. The Kier molecular flexibility index (Phi) is 4.19. The van der Waals surface area contributed by atoms with Crippen LogP contribution < -0.4 is 11.1 Å². The van der Waals surface area contributed by atoms with Gasteiger partial charge in [-0.05, 0) is 33.1 Å². The average molecular weight is 264 g/mol. The van der Waals surface area contributed by atoms with Crippen LogP contribution in [-0.4, -0.2) is 28.2 Å². The number of nitrogens with one attached hydrogen (secondary N) is 1. The van der Waals surface area contributed by atoms with Gasteiger partial charge in [-0.3, -0.25) is 4.98 Å². The molecule has 6 heteroatoms. The molecule has 1 aromatic heterocycles. The van der Waals surface area contributed by atoms with E-state index in [1.807, 2.05) is 13.8 Å². The van der Waals surface area contributed by atoms with Crippen LogP contribution >= 0.6 is 0 Å². The molecule has 1 aliphatic carbocycles. The number of hydrogen-bond donors (Lipinski definition) is 2. The molecule has 0 aromatic carbocycles. The van der Waals surface area contributed by atoms with Crippen molar-refractivity contribution >= 4 is 11.9 Å². The van der Waals surface area contributed by atoms with Crippen molar-refractivity contribution in [3.63, 3.8) is 0 Å². The first-order valence-corrected chi connectivity index (χ1v) is 6.59. The Morgan fingerprint density at radius 3 is 2.84 bits per heavy atom. The molecule has 0 saturated heterocycles. The van der Waals surface area contributed by atoms with Crippen LogP contribution in [0.25, 0.3) is 0 Å². The summed E-state index contributed by atoms with van der Waals surface area (Å²) in [5.41, 5.74) is 6.46. The maximum atomic E-state index is 11.5. The summed E-state index contributed by atoms with van der Waals surface area (Å²) in [7, 11) is 0. The lowest BCUT2D eigenvalue weighted by atomic mass is 10.0. The number of amides is 1. The highest BCUT2D eigenvalue weighted by Crippen LogP contribution is 2.33. The summed E-state index contributed by atoms with van der Waals surface area (Å²) in [6.45, 7) is 3.67. The van der Waals surface area contributed by atoms with Crippen LogP contribution in [0.4, 0.5) is 10.6 Å². The quantitative estimate of drug-likeness (QED) is 0.869. The van der Waals surface area contributed by atoms with Crippen molar-refractivity contribution in [2.45, 2.75) is 51.2 Å². The summed E-state index contributed by atoms with van der Waals surface area (Å²) in [6.07, 6.45) is 5.64. The largest absolute Gasteiger partial charge is 0.447 e. The van der Waals surface area contributed by atoms with Gasteiger partial charge in [0, 0.05) is 12.0 Å². The van der Waals surface area contributed by atoms with Crippen LogP contribution in [0, 0.1) is 0 Å². The lowest BCUT2D eigenvalue weighted by Gasteiger charge is -2.14. The number of anilines is 1. The number of hydrogen-bond acceptors (Lipinski definition) is 5. The first-order chi connectivity index (χ1) is 9.04. The van der Waals surface area contributed by atoms with E-state index in [-0.39, 0.29) is 18.2 Å². The van der Waals surface area contributed by atoms with Gasteiger partial charge in [0.05, 0.1) is 24.2 Å². The van der Waals surface area contributed by atoms with Crippen LogP contribution in [-0.2, 0) is 4.74 Å². The minimum atomic E-state index is -0.343. The molecule has 0 aliphatic heterocycles. The third-order valence-electron chi connectivity index (χ3n) is 3.21. The van der Waals surface area contributed by atoms with Crippen molar-refractivity contribution in [1.29, 1.82) is 0 Å². The number of carbonyl (C=O) groups excluding carboxylic acids is 1. The SMILES string of the molecule is CC(C)OC(=O)NC1CCC(c2cnc(N)cn2)C1. The zero-order valence-corrected chi connectivity index (χ0v) is 11.3. The molecule has 1 amide bonds. The fraction of sp³-hybridized carbons (Fsp3) is 0.615. The number of nitrogens with zero attached hydrogens (tertiary/aromatic N) is 2. The number of nitrogens with two attached hydrogens (primary N) is 1. The van der Waals surface area contributed by atoms with Crippen molar-refractivity contribution in [3.05, 3.63) is 18.1 Å². The number of rotatable bonds is 3. The number of ether oxygens (including phenoxy) is 1. The van der Waals surface area contributed by atoms with Crippen molar-refractivity contribution < 1.29 is 9.53 Å². The summed E-state index contributed by atoms with van der Waals surface area (Å²) in [4.78, 5) is 19.9. The molecule has 2 atom stereocenters. The van der Waals surface area contributed by atoms with E-state index in [0.717, 1.165) is 25.0 Å². The van der Waals surface area contributed by atoms with Gasteiger partial charge in [0.2, 0.25) is 0 Å². The first-order valence-electron chi connectivity index (χ1n) is 6.59. The van der Waals surface area contributed by atoms with Gasteiger partial charge in [-0.1, -0.05) is 0 Å². The van der Waals surface area contributed by atoms with Crippen molar-refractivity contribution in [1.82, 2.24) is 15.3 Å². The highest BCUT2D eigenvalue weighted by atomic mass is 16.6. The normalized spacial score (nSPS) is 22.5. The highest BCUT2D eigenvalue weighted by Gasteiger charge is 2.28. The Morgan fingerprint density at radius 2 is 2.21 bits per heavy atom. The Bertz CT molecular complexity index is 433. The third kappa shape index (κ3) is 3.81. The predicted octanol–water partition coefficient (Wildman–Crippen LogP) is 1.83. The number of aromatic nitrogens is 2. The molecule has 19 heavy (non-hydrogen) atoms. The average Bonchev–Trinajstić information content (AvgIpc) is 2.77. The van der Waals surface area contributed by atoms with Gasteiger partial charge < -0.3 is 15.8 Å². The van der Waals surface area contributed by atoms with E-state index < -0.39 is 0 Å². The fourth-order valence-electron chi connectivity index (χ4n) is 2.35. The van der Waals surface area contributed by atoms with Crippen LogP contribution in [0.3, 0.4) is 0 Å². The highest BCUT2D eigenvalue weighted by molar-refractivity contribution is 5.67. The minimum Gasteiger partial charge on any atom is -0.447 e. The van der Waals surface area contributed by atoms with Gasteiger partial charge in [-0.2, -0.15) is 0 Å². The standard InChI is InChI=1S/C13H20N4O2/c1-8(2)19-13(18)17-10-4-3-9(5-10)11-6-16-12(14)7-15-11/h6-10H,3-5H2,1-2H3,(H2,14,16)(H,17,18).